The minimum atomic E-state index is -5.07. The summed E-state index contributed by atoms with van der Waals surface area (Å²) in [6, 6.07) is 1.50. The molecule has 0 radical (unpaired) electrons. The van der Waals surface area contributed by atoms with E-state index < -0.39 is 46.1 Å². The first-order chi connectivity index (χ1) is 12.3. The van der Waals surface area contributed by atoms with Crippen LogP contribution in [0.2, 0.25) is 0 Å². The van der Waals surface area contributed by atoms with Gasteiger partial charge in [-0.25, -0.2) is 0 Å². The van der Waals surface area contributed by atoms with E-state index in [-0.39, 0.29) is 18.3 Å². The predicted octanol–water partition coefficient (Wildman–Crippen LogP) is 3.06. The number of hydrogen-bond donors (Lipinski definition) is 2. The summed E-state index contributed by atoms with van der Waals surface area (Å²) in [6.45, 7) is -0.359. The van der Waals surface area contributed by atoms with Gasteiger partial charge >= 0.3 is 12.4 Å². The molecule has 1 aromatic carbocycles. The van der Waals surface area contributed by atoms with Gasteiger partial charge in [0, 0.05) is 30.6 Å². The van der Waals surface area contributed by atoms with E-state index in [4.69, 9.17) is 0 Å². The lowest BCUT2D eigenvalue weighted by molar-refractivity contribution is -0.143. The number of pyridine rings is 1. The Morgan fingerprint density at radius 2 is 1.56 bits per heavy atom. The number of benzene rings is 1. The molecule has 0 saturated carbocycles. The number of alkyl halides is 6. The second kappa shape index (κ2) is 6.97. The Morgan fingerprint density at radius 1 is 1.04 bits per heavy atom. The predicted molar refractivity (Wildman–Crippen MR) is 81.0 cm³/mol. The molecule has 0 unspecified atom stereocenters. The van der Waals surface area contributed by atoms with Gasteiger partial charge in [-0.3, -0.25) is 9.59 Å². The highest BCUT2D eigenvalue weighted by Gasteiger charge is 2.37. The third-order valence-electron chi connectivity index (χ3n) is 3.60. The number of nitrogens with zero attached hydrogens (tertiary/aromatic N) is 1. The Kier molecular flexibility index (Phi) is 5.25. The highest BCUT2D eigenvalue weighted by atomic mass is 19.4. The van der Waals surface area contributed by atoms with Crippen molar-refractivity contribution in [2.24, 2.45) is 7.05 Å². The fourth-order valence-electron chi connectivity index (χ4n) is 2.19. The molecule has 0 saturated heterocycles. The molecule has 1 heterocycles. The van der Waals surface area contributed by atoms with Gasteiger partial charge < -0.3 is 15.0 Å². The summed E-state index contributed by atoms with van der Waals surface area (Å²) in [5, 5.41) is 11.4. The first-order valence-electron chi connectivity index (χ1n) is 7.25. The molecule has 1 amide bonds. The lowest BCUT2D eigenvalue weighted by atomic mass is 10.0. The molecule has 146 valence electrons. The van der Waals surface area contributed by atoms with Crippen molar-refractivity contribution in [1.29, 1.82) is 0 Å². The molecular formula is C16H12F6N2O3. The van der Waals surface area contributed by atoms with Crippen LogP contribution in [0.3, 0.4) is 0 Å². The van der Waals surface area contributed by atoms with Crippen LogP contribution in [0, 0.1) is 0 Å². The molecular weight excluding hydrogens is 382 g/mol. The van der Waals surface area contributed by atoms with E-state index in [2.05, 4.69) is 5.32 Å². The fraction of sp³-hybridized carbons (Fsp3) is 0.250. The van der Waals surface area contributed by atoms with Crippen LogP contribution in [-0.4, -0.2) is 15.6 Å². The van der Waals surface area contributed by atoms with Crippen molar-refractivity contribution in [3.05, 3.63) is 63.1 Å². The normalized spacial score (nSPS) is 12.1. The van der Waals surface area contributed by atoms with Gasteiger partial charge in [-0.05, 0) is 18.2 Å². The molecule has 11 heteroatoms. The van der Waals surface area contributed by atoms with E-state index in [0.29, 0.717) is 12.1 Å². The van der Waals surface area contributed by atoms with Crippen molar-refractivity contribution >= 4 is 5.91 Å². The van der Waals surface area contributed by atoms with Crippen LogP contribution in [-0.2, 0) is 25.9 Å². The number of carbonyl (C=O) groups excluding carboxylic acids is 1. The number of rotatable bonds is 3. The molecule has 0 aliphatic carbocycles. The highest BCUT2D eigenvalue weighted by Crippen LogP contribution is 2.36. The molecule has 0 aliphatic rings. The van der Waals surface area contributed by atoms with E-state index >= 15 is 0 Å². The number of carbonyl (C=O) groups is 1. The Morgan fingerprint density at radius 3 is 2.04 bits per heavy atom. The van der Waals surface area contributed by atoms with Crippen molar-refractivity contribution < 1.29 is 36.2 Å². The number of halogens is 6. The number of amides is 1. The lowest BCUT2D eigenvalue weighted by Gasteiger charge is -2.15. The highest BCUT2D eigenvalue weighted by molar-refractivity contribution is 5.94. The zero-order valence-corrected chi connectivity index (χ0v) is 13.6. The molecule has 2 rings (SSSR count). The molecule has 27 heavy (non-hydrogen) atoms. The zero-order valence-electron chi connectivity index (χ0n) is 13.6. The van der Waals surface area contributed by atoms with Crippen molar-refractivity contribution in [2.75, 3.05) is 0 Å². The number of aromatic nitrogens is 1. The number of aryl methyl sites for hydroxylation is 1. The summed E-state index contributed by atoms with van der Waals surface area (Å²) in [7, 11) is 1.42. The molecule has 2 aromatic rings. The van der Waals surface area contributed by atoms with Gasteiger partial charge in [0.1, 0.15) is 0 Å². The van der Waals surface area contributed by atoms with Crippen LogP contribution in [0.1, 0.15) is 27.2 Å². The SMILES string of the molecule is Cn1cc(O)c(=O)cc1CNC(=O)c1cc(C(F)(F)F)cc(C(F)(F)F)c1. The largest absolute Gasteiger partial charge is 0.503 e. The van der Waals surface area contributed by atoms with Gasteiger partial charge in [0.15, 0.2) is 5.75 Å². The van der Waals surface area contributed by atoms with Crippen LogP contribution in [0.15, 0.2) is 35.3 Å². The molecule has 0 fully saturated rings. The van der Waals surface area contributed by atoms with E-state index in [1.54, 1.807) is 0 Å². The molecule has 1 aromatic heterocycles. The Balaban J connectivity index is 2.33. The molecule has 2 N–H and O–H groups in total. The summed E-state index contributed by atoms with van der Waals surface area (Å²) in [5.74, 6) is -1.74. The van der Waals surface area contributed by atoms with Gasteiger partial charge in [-0.15, -0.1) is 0 Å². The standard InChI is InChI=1S/C16H12F6N2O3/c1-24-7-13(26)12(25)5-11(24)6-23-14(27)8-2-9(15(17,18)19)4-10(3-8)16(20,21)22/h2-5,7,26H,6H2,1H3,(H,23,27). The third kappa shape index (κ3) is 4.80. The Bertz CT molecular complexity index is 899. The van der Waals surface area contributed by atoms with Crippen LogP contribution >= 0.6 is 0 Å². The topological polar surface area (TPSA) is 71.3 Å². The van der Waals surface area contributed by atoms with E-state index in [1.807, 2.05) is 0 Å². The molecule has 0 aliphatic heterocycles. The quantitative estimate of drug-likeness (QED) is 0.787. The van der Waals surface area contributed by atoms with Crippen LogP contribution in [0.4, 0.5) is 26.3 Å². The van der Waals surface area contributed by atoms with Gasteiger partial charge in [-0.2, -0.15) is 26.3 Å². The van der Waals surface area contributed by atoms with Crippen LogP contribution in [0.5, 0.6) is 5.75 Å². The molecule has 0 bridgehead atoms. The second-order valence-corrected chi connectivity index (χ2v) is 5.60. The van der Waals surface area contributed by atoms with E-state index in [0.717, 1.165) is 12.3 Å². The van der Waals surface area contributed by atoms with Crippen LogP contribution in [0.25, 0.3) is 0 Å². The second-order valence-electron chi connectivity index (χ2n) is 5.60. The third-order valence-corrected chi connectivity index (χ3v) is 3.60. The summed E-state index contributed by atoms with van der Waals surface area (Å²) in [6.07, 6.45) is -9.09. The monoisotopic (exact) mass is 394 g/mol. The minimum absolute atomic E-state index is 0.0829. The van der Waals surface area contributed by atoms with Gasteiger partial charge in [0.2, 0.25) is 5.43 Å². The van der Waals surface area contributed by atoms with Crippen molar-refractivity contribution in [2.45, 2.75) is 18.9 Å². The first kappa shape index (κ1) is 20.3. The summed E-state index contributed by atoms with van der Waals surface area (Å²) >= 11 is 0. The van der Waals surface area contributed by atoms with Crippen molar-refractivity contribution in [1.82, 2.24) is 9.88 Å². The molecule has 5 nitrogen and oxygen atoms in total. The van der Waals surface area contributed by atoms with Crippen LogP contribution < -0.4 is 10.7 Å². The first-order valence-corrected chi connectivity index (χ1v) is 7.25. The maximum Gasteiger partial charge on any atom is 0.416 e. The maximum absolute atomic E-state index is 12.8. The zero-order chi connectivity index (χ0) is 20.6. The number of hydrogen-bond acceptors (Lipinski definition) is 3. The number of aromatic hydroxyl groups is 1. The Labute approximate surface area is 147 Å². The van der Waals surface area contributed by atoms with Gasteiger partial charge in [0.05, 0.1) is 17.7 Å². The summed E-state index contributed by atoms with van der Waals surface area (Å²) in [5.41, 5.74) is -4.63. The van der Waals surface area contributed by atoms with E-state index in [1.165, 1.54) is 11.6 Å². The van der Waals surface area contributed by atoms with Crippen molar-refractivity contribution in [3.8, 4) is 5.75 Å². The Hall–Kier alpha value is -2.98. The molecule has 0 spiro atoms. The van der Waals surface area contributed by atoms with Gasteiger partial charge in [-0.1, -0.05) is 0 Å². The number of nitrogens with one attached hydrogen (secondary N) is 1. The van der Waals surface area contributed by atoms with Crippen molar-refractivity contribution in [3.63, 3.8) is 0 Å². The fourth-order valence-corrected chi connectivity index (χ4v) is 2.19. The van der Waals surface area contributed by atoms with Gasteiger partial charge in [0.25, 0.3) is 5.91 Å². The lowest BCUT2D eigenvalue weighted by Crippen LogP contribution is -2.26. The maximum atomic E-state index is 12.8. The average Bonchev–Trinajstić information content (AvgIpc) is 2.54. The summed E-state index contributed by atoms with van der Waals surface area (Å²) < 4.78 is 78.2. The average molecular weight is 394 g/mol. The molecule has 0 atom stereocenters. The summed E-state index contributed by atoms with van der Waals surface area (Å²) in [4.78, 5) is 23.4. The van der Waals surface area contributed by atoms with E-state index in [9.17, 15) is 41.0 Å². The smallest absolute Gasteiger partial charge is 0.416 e. The minimum Gasteiger partial charge on any atom is -0.503 e.